The van der Waals surface area contributed by atoms with Crippen LogP contribution in [0.25, 0.3) is 0 Å². The number of halogens is 4. The van der Waals surface area contributed by atoms with Crippen molar-refractivity contribution in [3.05, 3.63) is 76.4 Å². The minimum Gasteiger partial charge on any atom is -0.316 e. The summed E-state index contributed by atoms with van der Waals surface area (Å²) in [4.78, 5) is 16.9. The molecule has 2 aliphatic rings. The van der Waals surface area contributed by atoms with Crippen LogP contribution in [0.3, 0.4) is 0 Å². The number of anilines is 1. The van der Waals surface area contributed by atoms with Crippen LogP contribution in [0, 0.1) is 6.92 Å². The van der Waals surface area contributed by atoms with Gasteiger partial charge in [0.25, 0.3) is 5.91 Å². The van der Waals surface area contributed by atoms with Gasteiger partial charge in [0.1, 0.15) is 12.5 Å². The Bertz CT molecular complexity index is 1320. The number of fused-ring (bicyclic) bond motifs is 1. The monoisotopic (exact) mass is 501 g/mol. The van der Waals surface area contributed by atoms with E-state index in [9.17, 15) is 9.18 Å². The van der Waals surface area contributed by atoms with Gasteiger partial charge in [0.2, 0.25) is 11.5 Å². The van der Waals surface area contributed by atoms with E-state index < -0.39 is 23.6 Å². The maximum Gasteiger partial charge on any atom is 0.343 e. The molecule has 2 aliphatic heterocycles. The van der Waals surface area contributed by atoms with E-state index in [2.05, 4.69) is 10.2 Å². The minimum absolute atomic E-state index is 0.253. The normalized spacial score (nSPS) is 20.1. The minimum atomic E-state index is -3.96. The summed E-state index contributed by atoms with van der Waals surface area (Å²) in [5, 5.41) is 6.86. The summed E-state index contributed by atoms with van der Waals surface area (Å²) in [6, 6.07) is 9.45. The molecule has 0 unspecified atom stereocenters. The highest BCUT2D eigenvalue weighted by Gasteiger charge is 2.57. The summed E-state index contributed by atoms with van der Waals surface area (Å²) in [6.07, 6.45) is 0.773. The molecule has 1 saturated heterocycles. The number of amides is 1. The molecule has 0 aliphatic carbocycles. The lowest BCUT2D eigenvalue weighted by atomic mass is 9.90. The smallest absolute Gasteiger partial charge is 0.316 e. The highest BCUT2D eigenvalue weighted by atomic mass is 19.3. The fourth-order valence-corrected chi connectivity index (χ4v) is 5.08. The van der Waals surface area contributed by atoms with Gasteiger partial charge in [-0.3, -0.25) is 9.69 Å². The molecule has 10 heteroatoms. The van der Waals surface area contributed by atoms with Gasteiger partial charge in [-0.2, -0.15) is 8.78 Å². The van der Waals surface area contributed by atoms with Crippen molar-refractivity contribution in [1.29, 1.82) is 0 Å². The molecule has 5 rings (SSSR count). The zero-order chi connectivity index (χ0) is 25.8. The standard InChI is InChI=1S/C26H27F4N5O/c1-16-9-17(12-34-8-7-19(27)13-34)10-21-22(16)14-35(23(21)36)20-6-4-5-18(11-20)25(2,28)26(29,30)24-32-31-15-33(24)3/h4-6,9-11,15,19H,7-8,12-14H2,1-3H3/t19-,25+/m0/s1. The number of hydrogen-bond donors (Lipinski definition) is 0. The second-order valence-electron chi connectivity index (χ2n) is 9.84. The number of aromatic nitrogens is 3. The molecule has 1 aromatic heterocycles. The summed E-state index contributed by atoms with van der Waals surface area (Å²) in [6.45, 7) is 4.57. The molecule has 2 atom stereocenters. The zero-order valence-electron chi connectivity index (χ0n) is 20.3. The number of likely N-dealkylation sites (tertiary alicyclic amines) is 1. The number of hydrogen-bond acceptors (Lipinski definition) is 4. The third kappa shape index (κ3) is 3.97. The molecule has 3 heterocycles. The van der Waals surface area contributed by atoms with E-state index in [1.807, 2.05) is 24.0 Å². The van der Waals surface area contributed by atoms with Gasteiger partial charge in [0.05, 0.1) is 6.54 Å². The van der Waals surface area contributed by atoms with Crippen molar-refractivity contribution in [2.45, 2.75) is 51.1 Å². The Hall–Kier alpha value is -3.27. The van der Waals surface area contributed by atoms with Crippen molar-refractivity contribution < 1.29 is 22.4 Å². The van der Waals surface area contributed by atoms with E-state index in [1.54, 1.807) is 6.07 Å². The summed E-state index contributed by atoms with van der Waals surface area (Å²) in [5.41, 5.74) is 0.159. The van der Waals surface area contributed by atoms with Crippen LogP contribution < -0.4 is 4.90 Å². The van der Waals surface area contributed by atoms with Crippen molar-refractivity contribution in [2.75, 3.05) is 18.0 Å². The Morgan fingerprint density at radius 1 is 1.17 bits per heavy atom. The van der Waals surface area contributed by atoms with Crippen molar-refractivity contribution in [2.24, 2.45) is 7.05 Å². The maximum atomic E-state index is 15.7. The van der Waals surface area contributed by atoms with E-state index in [0.717, 1.165) is 34.5 Å². The molecule has 0 radical (unpaired) electrons. The van der Waals surface area contributed by atoms with Crippen LogP contribution >= 0.6 is 0 Å². The summed E-state index contributed by atoms with van der Waals surface area (Å²) >= 11 is 0. The summed E-state index contributed by atoms with van der Waals surface area (Å²) in [7, 11) is 1.33. The first-order valence-electron chi connectivity index (χ1n) is 11.8. The molecule has 0 spiro atoms. The second kappa shape index (κ2) is 8.69. The quantitative estimate of drug-likeness (QED) is 0.455. The van der Waals surface area contributed by atoms with Crippen molar-refractivity contribution in [3.8, 4) is 0 Å². The van der Waals surface area contributed by atoms with Crippen LogP contribution in [0.1, 0.15) is 51.8 Å². The molecular formula is C26H27F4N5O. The molecule has 0 saturated carbocycles. The SMILES string of the molecule is Cc1cc(CN2CC[C@H](F)C2)cc2c1CN(c1cccc([C@@](C)(F)C(F)(F)c3nncn3C)c1)C2=O. The highest BCUT2D eigenvalue weighted by molar-refractivity contribution is 6.10. The van der Waals surface area contributed by atoms with E-state index in [0.29, 0.717) is 37.3 Å². The Morgan fingerprint density at radius 2 is 1.94 bits per heavy atom. The maximum absolute atomic E-state index is 15.7. The Balaban J connectivity index is 1.43. The molecule has 1 amide bonds. The average Bonchev–Trinajstić information content (AvgIpc) is 3.53. The van der Waals surface area contributed by atoms with Gasteiger partial charge in [0.15, 0.2) is 0 Å². The van der Waals surface area contributed by atoms with Crippen molar-refractivity contribution >= 4 is 11.6 Å². The largest absolute Gasteiger partial charge is 0.343 e. The first kappa shape index (κ1) is 24.4. The molecule has 3 aromatic rings. The van der Waals surface area contributed by atoms with Gasteiger partial charge in [0, 0.05) is 37.9 Å². The lowest BCUT2D eigenvalue weighted by molar-refractivity contribution is -0.149. The zero-order valence-corrected chi connectivity index (χ0v) is 20.3. The number of carbonyl (C=O) groups excluding carboxylic acids is 1. The fraction of sp³-hybridized carbons (Fsp3) is 0.423. The number of benzene rings is 2. The number of nitrogens with zero attached hydrogens (tertiary/aromatic N) is 5. The molecule has 6 nitrogen and oxygen atoms in total. The topological polar surface area (TPSA) is 54.3 Å². The van der Waals surface area contributed by atoms with Crippen LogP contribution in [0.4, 0.5) is 23.2 Å². The van der Waals surface area contributed by atoms with Gasteiger partial charge in [-0.05, 0) is 60.7 Å². The summed E-state index contributed by atoms with van der Waals surface area (Å²) < 4.78 is 60.7. The number of rotatable bonds is 6. The molecule has 0 bridgehead atoms. The Kier molecular flexibility index (Phi) is 5.89. The Morgan fingerprint density at radius 3 is 2.61 bits per heavy atom. The van der Waals surface area contributed by atoms with Crippen LogP contribution in [0.5, 0.6) is 0 Å². The van der Waals surface area contributed by atoms with Gasteiger partial charge < -0.3 is 9.47 Å². The van der Waals surface area contributed by atoms with Crippen molar-refractivity contribution in [3.63, 3.8) is 0 Å². The van der Waals surface area contributed by atoms with E-state index in [-0.39, 0.29) is 18.0 Å². The third-order valence-corrected chi connectivity index (χ3v) is 7.23. The number of carbonyl (C=O) groups is 1. The summed E-state index contributed by atoms with van der Waals surface area (Å²) in [5.74, 6) is -5.03. The predicted octanol–water partition coefficient (Wildman–Crippen LogP) is 4.80. The number of alkyl halides is 4. The van der Waals surface area contributed by atoms with Gasteiger partial charge in [-0.1, -0.05) is 18.2 Å². The van der Waals surface area contributed by atoms with Crippen LogP contribution in [0.15, 0.2) is 42.7 Å². The van der Waals surface area contributed by atoms with Crippen LogP contribution in [0.2, 0.25) is 0 Å². The Labute approximate surface area is 206 Å². The van der Waals surface area contributed by atoms with E-state index in [4.69, 9.17) is 0 Å². The van der Waals surface area contributed by atoms with Gasteiger partial charge in [-0.25, -0.2) is 8.78 Å². The van der Waals surface area contributed by atoms with Crippen molar-refractivity contribution in [1.82, 2.24) is 19.7 Å². The molecule has 2 aromatic carbocycles. The van der Waals surface area contributed by atoms with Crippen LogP contribution in [-0.4, -0.2) is 44.8 Å². The second-order valence-corrected chi connectivity index (χ2v) is 9.84. The molecule has 1 fully saturated rings. The highest BCUT2D eigenvalue weighted by Crippen LogP contribution is 2.48. The lowest BCUT2D eigenvalue weighted by Crippen LogP contribution is -2.39. The van der Waals surface area contributed by atoms with Gasteiger partial charge >= 0.3 is 5.92 Å². The van der Waals surface area contributed by atoms with Gasteiger partial charge in [-0.15, -0.1) is 10.2 Å². The molecule has 0 N–H and O–H groups in total. The first-order valence-corrected chi connectivity index (χ1v) is 11.8. The number of aryl methyl sites for hydroxylation is 2. The molecule has 190 valence electrons. The fourth-order valence-electron chi connectivity index (χ4n) is 5.08. The lowest BCUT2D eigenvalue weighted by Gasteiger charge is -2.30. The average molecular weight is 502 g/mol. The first-order chi connectivity index (χ1) is 17.0. The molecular weight excluding hydrogens is 474 g/mol. The van der Waals surface area contributed by atoms with E-state index in [1.165, 1.54) is 30.1 Å². The molecule has 36 heavy (non-hydrogen) atoms. The van der Waals surface area contributed by atoms with E-state index >= 15 is 13.2 Å². The predicted molar refractivity (Wildman–Crippen MR) is 126 cm³/mol. The third-order valence-electron chi connectivity index (χ3n) is 7.23. The van der Waals surface area contributed by atoms with Crippen LogP contribution in [-0.2, 0) is 31.7 Å².